The molecule has 158 valence electrons. The molecule has 0 bridgehead atoms. The minimum absolute atomic E-state index is 0.0163. The Kier molecular flexibility index (Phi) is 6.51. The number of urea groups is 1. The lowest BCUT2D eigenvalue weighted by molar-refractivity contribution is 0.0586. The summed E-state index contributed by atoms with van der Waals surface area (Å²) in [6.07, 6.45) is 3.54. The van der Waals surface area contributed by atoms with E-state index in [4.69, 9.17) is 11.6 Å². The van der Waals surface area contributed by atoms with Gasteiger partial charge in [0, 0.05) is 36.0 Å². The molecular formula is C22H24ClN3O2S2. The third-order valence-corrected chi connectivity index (χ3v) is 8.33. The van der Waals surface area contributed by atoms with Crippen molar-refractivity contribution in [1.29, 1.82) is 0 Å². The van der Waals surface area contributed by atoms with Crippen LogP contribution in [0.2, 0.25) is 5.02 Å². The minimum Gasteiger partial charge on any atom is -0.324 e. The van der Waals surface area contributed by atoms with Crippen molar-refractivity contribution in [2.24, 2.45) is 0 Å². The van der Waals surface area contributed by atoms with Crippen molar-refractivity contribution in [3.63, 3.8) is 0 Å². The molecule has 1 N–H and O–H groups in total. The fraction of sp³-hybridized carbons (Fsp3) is 0.364. The van der Waals surface area contributed by atoms with Crippen molar-refractivity contribution in [2.45, 2.75) is 22.6 Å². The molecule has 1 spiro atoms. The van der Waals surface area contributed by atoms with Crippen LogP contribution in [-0.4, -0.2) is 58.3 Å². The van der Waals surface area contributed by atoms with E-state index in [-0.39, 0.29) is 16.8 Å². The molecule has 0 atom stereocenters. The molecule has 2 aromatic rings. The Morgan fingerprint density at radius 1 is 1.07 bits per heavy atom. The van der Waals surface area contributed by atoms with Gasteiger partial charge in [-0.15, -0.1) is 23.5 Å². The van der Waals surface area contributed by atoms with E-state index in [0.717, 1.165) is 29.2 Å². The molecule has 2 saturated heterocycles. The molecule has 0 aliphatic carbocycles. The third-order valence-electron chi connectivity index (χ3n) is 5.70. The van der Waals surface area contributed by atoms with E-state index in [2.05, 4.69) is 5.32 Å². The van der Waals surface area contributed by atoms with Gasteiger partial charge in [0.1, 0.15) is 0 Å². The van der Waals surface area contributed by atoms with Crippen molar-refractivity contribution >= 4 is 52.8 Å². The lowest BCUT2D eigenvalue weighted by Gasteiger charge is -2.44. The lowest BCUT2D eigenvalue weighted by atomic mass is 10.0. The van der Waals surface area contributed by atoms with Gasteiger partial charge in [-0.3, -0.25) is 4.79 Å². The molecule has 2 aliphatic heterocycles. The van der Waals surface area contributed by atoms with Crippen LogP contribution >= 0.6 is 35.1 Å². The van der Waals surface area contributed by atoms with Gasteiger partial charge in [-0.1, -0.05) is 23.7 Å². The molecule has 30 heavy (non-hydrogen) atoms. The number of benzene rings is 2. The summed E-state index contributed by atoms with van der Waals surface area (Å²) in [5, 5.41) is 3.47. The smallest absolute Gasteiger partial charge is 0.321 e. The van der Waals surface area contributed by atoms with Gasteiger partial charge in [0.25, 0.3) is 5.91 Å². The number of piperidine rings is 1. The van der Waals surface area contributed by atoms with Crippen LogP contribution in [0.5, 0.6) is 0 Å². The molecule has 0 aromatic heterocycles. The first-order valence-corrected chi connectivity index (χ1v) is 12.5. The number of hydrogen-bond donors (Lipinski definition) is 1. The monoisotopic (exact) mass is 461 g/mol. The quantitative estimate of drug-likeness (QED) is 0.632. The second kappa shape index (κ2) is 9.12. The number of nitrogens with zero attached hydrogens (tertiary/aromatic N) is 2. The number of nitrogens with one attached hydrogen (secondary N) is 1. The summed E-state index contributed by atoms with van der Waals surface area (Å²) in [6.45, 7) is 1.95. The Morgan fingerprint density at radius 2 is 1.77 bits per heavy atom. The molecule has 2 aromatic carbocycles. The normalized spacial score (nSPS) is 17.9. The van der Waals surface area contributed by atoms with Crippen LogP contribution in [0.25, 0.3) is 0 Å². The van der Waals surface area contributed by atoms with Crippen LogP contribution in [0.4, 0.5) is 10.5 Å². The largest absolute Gasteiger partial charge is 0.324 e. The standard InChI is InChI=1S/C22H24ClN3O2S2/c1-29-17-8-6-16(7-9-17)24-21(28)25-12-10-22(11-13-25)26(14-15-30-22)20(27)18-4-2-3-5-19(18)23/h2-9H,10-15H2,1H3,(H,24,28). The number of rotatable bonds is 3. The van der Waals surface area contributed by atoms with Gasteiger partial charge < -0.3 is 15.1 Å². The van der Waals surface area contributed by atoms with E-state index in [9.17, 15) is 9.59 Å². The summed E-state index contributed by atoms with van der Waals surface area (Å²) in [6, 6.07) is 15.0. The number of carbonyl (C=O) groups excluding carboxylic acids is 2. The number of amides is 3. The molecule has 2 fully saturated rings. The maximum absolute atomic E-state index is 13.2. The summed E-state index contributed by atoms with van der Waals surface area (Å²) >= 11 is 9.77. The Labute approximate surface area is 190 Å². The van der Waals surface area contributed by atoms with Crippen molar-refractivity contribution < 1.29 is 9.59 Å². The van der Waals surface area contributed by atoms with Gasteiger partial charge in [0.2, 0.25) is 0 Å². The molecule has 0 saturated carbocycles. The molecule has 2 aliphatic rings. The minimum atomic E-state index is -0.257. The highest BCUT2D eigenvalue weighted by Gasteiger charge is 2.47. The molecule has 0 unspecified atom stereocenters. The summed E-state index contributed by atoms with van der Waals surface area (Å²) in [7, 11) is 0. The van der Waals surface area contributed by atoms with Gasteiger partial charge in [-0.05, 0) is 55.5 Å². The first kappa shape index (κ1) is 21.4. The molecule has 4 rings (SSSR count). The van der Waals surface area contributed by atoms with Crippen LogP contribution in [0, 0.1) is 0 Å². The van der Waals surface area contributed by atoms with Crippen molar-refractivity contribution in [3.8, 4) is 0 Å². The topological polar surface area (TPSA) is 52.7 Å². The van der Waals surface area contributed by atoms with E-state index >= 15 is 0 Å². The van der Waals surface area contributed by atoms with Crippen LogP contribution in [-0.2, 0) is 0 Å². The van der Waals surface area contributed by atoms with E-state index in [1.807, 2.05) is 64.2 Å². The van der Waals surface area contributed by atoms with Crippen LogP contribution in [0.3, 0.4) is 0 Å². The van der Waals surface area contributed by atoms with Crippen molar-refractivity contribution in [2.75, 3.05) is 37.0 Å². The predicted molar refractivity (Wildman–Crippen MR) is 126 cm³/mol. The number of hydrogen-bond acceptors (Lipinski definition) is 4. The summed E-state index contributed by atoms with van der Waals surface area (Å²) in [5.74, 6) is 0.891. The fourth-order valence-corrected chi connectivity index (χ4v) is 6.11. The van der Waals surface area contributed by atoms with Crippen LogP contribution < -0.4 is 5.32 Å². The molecule has 8 heteroatoms. The highest BCUT2D eigenvalue weighted by atomic mass is 35.5. The molecule has 5 nitrogen and oxygen atoms in total. The number of anilines is 1. The predicted octanol–water partition coefficient (Wildman–Crippen LogP) is 5.28. The molecule has 2 heterocycles. The van der Waals surface area contributed by atoms with Gasteiger partial charge in [0.05, 0.1) is 15.5 Å². The fourth-order valence-electron chi connectivity index (χ4n) is 4.03. The Bertz CT molecular complexity index is 930. The van der Waals surface area contributed by atoms with Crippen LogP contribution in [0.1, 0.15) is 23.2 Å². The highest BCUT2D eigenvalue weighted by Crippen LogP contribution is 2.45. The highest BCUT2D eigenvalue weighted by molar-refractivity contribution is 8.00. The Balaban J connectivity index is 1.40. The molecule has 0 radical (unpaired) electrons. The average molecular weight is 462 g/mol. The molecule has 3 amide bonds. The maximum atomic E-state index is 13.2. The van der Waals surface area contributed by atoms with Crippen molar-refractivity contribution in [1.82, 2.24) is 9.80 Å². The molecular weight excluding hydrogens is 438 g/mol. The zero-order chi connectivity index (χ0) is 21.1. The van der Waals surface area contributed by atoms with Gasteiger partial charge >= 0.3 is 6.03 Å². The van der Waals surface area contributed by atoms with E-state index < -0.39 is 0 Å². The zero-order valence-corrected chi connectivity index (χ0v) is 19.2. The Morgan fingerprint density at radius 3 is 2.43 bits per heavy atom. The van der Waals surface area contributed by atoms with E-state index in [1.165, 1.54) is 0 Å². The van der Waals surface area contributed by atoms with Crippen molar-refractivity contribution in [3.05, 3.63) is 59.1 Å². The van der Waals surface area contributed by atoms with Gasteiger partial charge in [-0.25, -0.2) is 4.79 Å². The Hall–Kier alpha value is -1.83. The second-order valence-electron chi connectivity index (χ2n) is 7.38. The number of halogens is 1. The second-order valence-corrected chi connectivity index (χ2v) is 10.1. The average Bonchev–Trinajstić information content (AvgIpc) is 3.17. The number of carbonyl (C=O) groups is 2. The van der Waals surface area contributed by atoms with Gasteiger partial charge in [0.15, 0.2) is 0 Å². The lowest BCUT2D eigenvalue weighted by Crippen LogP contribution is -2.54. The maximum Gasteiger partial charge on any atom is 0.321 e. The SMILES string of the molecule is CSc1ccc(NC(=O)N2CCC3(CC2)SCCN3C(=O)c2ccccc2Cl)cc1. The summed E-state index contributed by atoms with van der Waals surface area (Å²) in [5.41, 5.74) is 1.35. The van der Waals surface area contributed by atoms with E-state index in [1.54, 1.807) is 23.9 Å². The first-order valence-electron chi connectivity index (χ1n) is 9.93. The summed E-state index contributed by atoms with van der Waals surface area (Å²) < 4.78 is 0. The van der Waals surface area contributed by atoms with Crippen LogP contribution in [0.15, 0.2) is 53.4 Å². The number of thioether (sulfide) groups is 2. The van der Waals surface area contributed by atoms with E-state index in [0.29, 0.717) is 30.2 Å². The number of likely N-dealkylation sites (tertiary alicyclic amines) is 1. The summed E-state index contributed by atoms with van der Waals surface area (Å²) in [4.78, 5) is 30.6. The zero-order valence-electron chi connectivity index (χ0n) is 16.8. The first-order chi connectivity index (χ1) is 14.5. The third kappa shape index (κ3) is 4.29. The van der Waals surface area contributed by atoms with Gasteiger partial charge in [-0.2, -0.15) is 0 Å².